The van der Waals surface area contributed by atoms with E-state index in [4.69, 9.17) is 4.74 Å². The third-order valence-corrected chi connectivity index (χ3v) is 5.45. The number of aromatic nitrogens is 2. The van der Waals surface area contributed by atoms with E-state index < -0.39 is 0 Å². The van der Waals surface area contributed by atoms with Crippen LogP contribution in [0, 0.1) is 0 Å². The zero-order valence-electron chi connectivity index (χ0n) is 15.5. The molecule has 1 atom stereocenters. The maximum atomic E-state index is 12.1. The molecule has 0 radical (unpaired) electrons. The second-order valence-corrected chi connectivity index (χ2v) is 7.31. The van der Waals surface area contributed by atoms with Crippen molar-refractivity contribution in [2.75, 3.05) is 18.5 Å². The number of rotatable bonds is 4. The molecule has 2 amide bonds. The van der Waals surface area contributed by atoms with E-state index in [1.165, 1.54) is 16.7 Å². The van der Waals surface area contributed by atoms with Gasteiger partial charge in [-0.1, -0.05) is 36.4 Å². The van der Waals surface area contributed by atoms with Crippen molar-refractivity contribution in [2.45, 2.75) is 25.4 Å². The fourth-order valence-corrected chi connectivity index (χ4v) is 4.01. The summed E-state index contributed by atoms with van der Waals surface area (Å²) < 4.78 is 5.52. The van der Waals surface area contributed by atoms with E-state index in [-0.39, 0.29) is 12.1 Å². The van der Waals surface area contributed by atoms with Gasteiger partial charge in [0.1, 0.15) is 0 Å². The fourth-order valence-electron chi connectivity index (χ4n) is 4.01. The molecule has 1 unspecified atom stereocenters. The van der Waals surface area contributed by atoms with Crippen LogP contribution in [0.5, 0.6) is 0 Å². The van der Waals surface area contributed by atoms with Crippen LogP contribution in [-0.2, 0) is 11.2 Å². The molecular weight excluding hydrogens is 352 g/mol. The summed E-state index contributed by atoms with van der Waals surface area (Å²) in [5, 5.41) is 13.5. The van der Waals surface area contributed by atoms with E-state index in [0.29, 0.717) is 6.54 Å². The van der Waals surface area contributed by atoms with Gasteiger partial charge in [0.25, 0.3) is 0 Å². The molecule has 142 valence electrons. The molecule has 28 heavy (non-hydrogen) atoms. The lowest BCUT2D eigenvalue weighted by Crippen LogP contribution is -2.34. The highest BCUT2D eigenvalue weighted by molar-refractivity contribution is 5.89. The van der Waals surface area contributed by atoms with Crippen LogP contribution in [0.2, 0.25) is 0 Å². The predicted octanol–water partition coefficient (Wildman–Crippen LogP) is 3.95. The molecule has 1 saturated heterocycles. The predicted molar refractivity (Wildman–Crippen MR) is 108 cm³/mol. The average Bonchev–Trinajstić information content (AvgIpc) is 3.44. The number of carbonyl (C=O) groups excluding carboxylic acids is 1. The van der Waals surface area contributed by atoms with Gasteiger partial charge in [-0.25, -0.2) is 4.79 Å². The Morgan fingerprint density at radius 3 is 2.86 bits per heavy atom. The van der Waals surface area contributed by atoms with Crippen molar-refractivity contribution < 1.29 is 9.53 Å². The Bertz CT molecular complexity index is 1000. The molecule has 3 N–H and O–H groups in total. The van der Waals surface area contributed by atoms with E-state index >= 15 is 0 Å². The standard InChI is InChI=1S/C22H22N4O2/c27-22(23-13-17-5-3-11-28-17)24-16-9-7-14(8-10-16)20-19-12-15-4-1-2-6-18(15)21(19)26-25-20/h1-2,4,6-10,17H,3,5,11-13H2,(H,25,26)(H2,23,24,27). The summed E-state index contributed by atoms with van der Waals surface area (Å²) in [6.07, 6.45) is 3.10. The van der Waals surface area contributed by atoms with Crippen LogP contribution in [0.1, 0.15) is 24.0 Å². The summed E-state index contributed by atoms with van der Waals surface area (Å²) in [5.41, 5.74) is 7.67. The third-order valence-electron chi connectivity index (χ3n) is 5.45. The molecule has 3 aromatic rings. The molecule has 1 fully saturated rings. The monoisotopic (exact) mass is 374 g/mol. The van der Waals surface area contributed by atoms with Crippen molar-refractivity contribution >= 4 is 11.7 Å². The molecule has 0 saturated carbocycles. The molecule has 1 aliphatic carbocycles. The van der Waals surface area contributed by atoms with Gasteiger partial charge in [0, 0.05) is 42.0 Å². The number of hydrogen-bond acceptors (Lipinski definition) is 3. The van der Waals surface area contributed by atoms with E-state index in [0.717, 1.165) is 48.5 Å². The van der Waals surface area contributed by atoms with Gasteiger partial charge in [-0.15, -0.1) is 0 Å². The van der Waals surface area contributed by atoms with Crippen LogP contribution in [-0.4, -0.2) is 35.5 Å². The van der Waals surface area contributed by atoms with Crippen molar-refractivity contribution in [3.05, 3.63) is 59.7 Å². The van der Waals surface area contributed by atoms with Gasteiger partial charge in [0.2, 0.25) is 0 Å². The lowest BCUT2D eigenvalue weighted by atomic mass is 10.1. The number of fused-ring (bicyclic) bond motifs is 3. The zero-order valence-corrected chi connectivity index (χ0v) is 15.5. The van der Waals surface area contributed by atoms with Crippen molar-refractivity contribution in [3.63, 3.8) is 0 Å². The lowest BCUT2D eigenvalue weighted by Gasteiger charge is -2.12. The molecule has 0 spiro atoms. The topological polar surface area (TPSA) is 79.0 Å². The normalized spacial score (nSPS) is 17.2. The average molecular weight is 374 g/mol. The minimum Gasteiger partial charge on any atom is -0.376 e. The van der Waals surface area contributed by atoms with Crippen LogP contribution < -0.4 is 10.6 Å². The summed E-state index contributed by atoms with van der Waals surface area (Å²) in [4.78, 5) is 12.1. The Labute approximate surface area is 163 Å². The number of amides is 2. The van der Waals surface area contributed by atoms with Crippen molar-refractivity contribution in [1.82, 2.24) is 15.5 Å². The highest BCUT2D eigenvalue weighted by atomic mass is 16.5. The minimum absolute atomic E-state index is 0.138. The first-order chi connectivity index (χ1) is 13.8. The number of ether oxygens (including phenoxy) is 1. The van der Waals surface area contributed by atoms with Gasteiger partial charge in [0.15, 0.2) is 0 Å². The first-order valence-corrected chi connectivity index (χ1v) is 9.70. The lowest BCUT2D eigenvalue weighted by molar-refractivity contribution is 0.112. The number of nitrogens with zero attached hydrogens (tertiary/aromatic N) is 1. The largest absolute Gasteiger partial charge is 0.376 e. The first kappa shape index (κ1) is 17.0. The summed E-state index contributed by atoms with van der Waals surface area (Å²) in [6.45, 7) is 1.33. The molecule has 2 heterocycles. The number of aromatic amines is 1. The summed E-state index contributed by atoms with van der Waals surface area (Å²) >= 11 is 0. The molecule has 2 aliphatic rings. The minimum atomic E-state index is -0.209. The molecule has 6 nitrogen and oxygen atoms in total. The highest BCUT2D eigenvalue weighted by Gasteiger charge is 2.24. The van der Waals surface area contributed by atoms with Gasteiger partial charge in [0.05, 0.1) is 17.5 Å². The van der Waals surface area contributed by atoms with E-state index in [1.54, 1.807) is 0 Å². The number of anilines is 1. The molecule has 1 aliphatic heterocycles. The number of H-pyrrole nitrogens is 1. The third kappa shape index (κ3) is 3.16. The molecule has 1 aromatic heterocycles. The number of hydrogen-bond donors (Lipinski definition) is 3. The van der Waals surface area contributed by atoms with Gasteiger partial charge in [-0.3, -0.25) is 5.10 Å². The maximum absolute atomic E-state index is 12.1. The summed E-state index contributed by atoms with van der Waals surface area (Å²) in [7, 11) is 0. The molecule has 5 rings (SSSR count). The summed E-state index contributed by atoms with van der Waals surface area (Å²) in [5.74, 6) is 0. The highest BCUT2D eigenvalue weighted by Crippen LogP contribution is 2.39. The fraction of sp³-hybridized carbons (Fsp3) is 0.273. The van der Waals surface area contributed by atoms with Gasteiger partial charge < -0.3 is 15.4 Å². The van der Waals surface area contributed by atoms with E-state index in [1.807, 2.05) is 24.3 Å². The summed E-state index contributed by atoms with van der Waals surface area (Å²) in [6, 6.07) is 16.0. The van der Waals surface area contributed by atoms with Gasteiger partial charge >= 0.3 is 6.03 Å². The number of carbonyl (C=O) groups is 1. The van der Waals surface area contributed by atoms with E-state index in [2.05, 4.69) is 45.1 Å². The zero-order chi connectivity index (χ0) is 18.9. The number of benzene rings is 2. The van der Waals surface area contributed by atoms with Crippen LogP contribution in [0.15, 0.2) is 48.5 Å². The smallest absolute Gasteiger partial charge is 0.319 e. The number of urea groups is 1. The first-order valence-electron chi connectivity index (χ1n) is 9.70. The Morgan fingerprint density at radius 2 is 2.04 bits per heavy atom. The van der Waals surface area contributed by atoms with Gasteiger partial charge in [-0.2, -0.15) is 5.10 Å². The quantitative estimate of drug-likeness (QED) is 0.506. The Morgan fingerprint density at radius 1 is 1.18 bits per heavy atom. The molecule has 2 aromatic carbocycles. The van der Waals surface area contributed by atoms with Crippen LogP contribution in [0.25, 0.3) is 22.5 Å². The SMILES string of the molecule is O=C(NCC1CCCO1)Nc1ccc(-c2n[nH]c3c2Cc2ccccc2-3)cc1. The second kappa shape index (κ2) is 7.13. The van der Waals surface area contributed by atoms with Crippen molar-refractivity contribution in [2.24, 2.45) is 0 Å². The Hall–Kier alpha value is -3.12. The van der Waals surface area contributed by atoms with Crippen LogP contribution in [0.3, 0.4) is 0 Å². The molecule has 0 bridgehead atoms. The van der Waals surface area contributed by atoms with Gasteiger partial charge in [-0.05, 0) is 30.5 Å². The maximum Gasteiger partial charge on any atom is 0.319 e. The van der Waals surface area contributed by atoms with Crippen LogP contribution >= 0.6 is 0 Å². The van der Waals surface area contributed by atoms with Crippen molar-refractivity contribution in [1.29, 1.82) is 0 Å². The van der Waals surface area contributed by atoms with Crippen molar-refractivity contribution in [3.8, 4) is 22.5 Å². The Kier molecular flexibility index (Phi) is 4.33. The number of nitrogens with one attached hydrogen (secondary N) is 3. The second-order valence-electron chi connectivity index (χ2n) is 7.31. The molecular formula is C22H22N4O2. The van der Waals surface area contributed by atoms with Crippen LogP contribution in [0.4, 0.5) is 10.5 Å². The Balaban J connectivity index is 1.26. The molecule has 6 heteroatoms. The van der Waals surface area contributed by atoms with E-state index in [9.17, 15) is 4.79 Å².